The number of hydrogen-bond donors (Lipinski definition) is 2. The maximum atomic E-state index is 12.6. The number of carbonyl (C=O) groups excluding carboxylic acids is 2. The van der Waals surface area contributed by atoms with Crippen molar-refractivity contribution in [3.63, 3.8) is 0 Å². The second kappa shape index (κ2) is 8.46. The number of aromatic nitrogens is 1. The zero-order chi connectivity index (χ0) is 19.2. The maximum absolute atomic E-state index is 12.6. The van der Waals surface area contributed by atoms with Crippen LogP contribution in [0.25, 0.3) is 0 Å². The number of carbonyl (C=O) groups is 2. The molecule has 0 fully saturated rings. The maximum Gasteiger partial charge on any atom is 0.257 e. The van der Waals surface area contributed by atoms with Gasteiger partial charge in [-0.05, 0) is 48.0 Å². The highest BCUT2D eigenvalue weighted by atomic mass is 79.9. The summed E-state index contributed by atoms with van der Waals surface area (Å²) in [4.78, 5) is 27.8. The number of pyridine rings is 1. The van der Waals surface area contributed by atoms with E-state index in [0.717, 1.165) is 10.0 Å². The molecule has 3 N–H and O–H groups in total. The van der Waals surface area contributed by atoms with Crippen molar-refractivity contribution >= 4 is 27.7 Å². The van der Waals surface area contributed by atoms with Gasteiger partial charge >= 0.3 is 0 Å². The highest BCUT2D eigenvalue weighted by Crippen LogP contribution is 2.25. The van der Waals surface area contributed by atoms with Crippen molar-refractivity contribution in [2.24, 2.45) is 5.73 Å². The summed E-state index contributed by atoms with van der Waals surface area (Å²) in [5.41, 5.74) is 6.80. The number of ether oxygens (including phenoxy) is 1. The van der Waals surface area contributed by atoms with Gasteiger partial charge in [0.25, 0.3) is 5.91 Å². The van der Waals surface area contributed by atoms with Crippen molar-refractivity contribution in [3.05, 3.63) is 88.0 Å². The van der Waals surface area contributed by atoms with E-state index < -0.39 is 5.91 Å². The number of benzene rings is 2. The molecule has 27 heavy (non-hydrogen) atoms. The van der Waals surface area contributed by atoms with E-state index >= 15 is 0 Å². The van der Waals surface area contributed by atoms with E-state index in [1.807, 2.05) is 12.1 Å². The first-order valence-corrected chi connectivity index (χ1v) is 8.87. The van der Waals surface area contributed by atoms with Crippen LogP contribution in [0.15, 0.2) is 71.3 Å². The third kappa shape index (κ3) is 4.92. The Morgan fingerprint density at radius 1 is 1.07 bits per heavy atom. The summed E-state index contributed by atoms with van der Waals surface area (Å²) in [6, 6.07) is 17.3. The Labute approximate surface area is 164 Å². The van der Waals surface area contributed by atoms with Crippen molar-refractivity contribution in [1.29, 1.82) is 0 Å². The first-order valence-electron chi connectivity index (χ1n) is 8.08. The molecule has 0 aliphatic carbocycles. The van der Waals surface area contributed by atoms with Gasteiger partial charge in [-0.2, -0.15) is 0 Å². The molecule has 0 saturated heterocycles. The molecule has 0 aliphatic heterocycles. The zero-order valence-electron chi connectivity index (χ0n) is 14.2. The second-order valence-electron chi connectivity index (χ2n) is 5.66. The molecule has 3 rings (SSSR count). The van der Waals surface area contributed by atoms with Crippen LogP contribution < -0.4 is 15.8 Å². The third-order valence-electron chi connectivity index (χ3n) is 3.72. The average Bonchev–Trinajstić information content (AvgIpc) is 2.67. The van der Waals surface area contributed by atoms with E-state index in [2.05, 4.69) is 26.2 Å². The Hall–Kier alpha value is -3.19. The lowest BCUT2D eigenvalue weighted by molar-refractivity contribution is 0.0946. The molecular weight excluding hydrogens is 410 g/mol. The fourth-order valence-corrected chi connectivity index (χ4v) is 2.73. The lowest BCUT2D eigenvalue weighted by Gasteiger charge is -2.11. The molecule has 6 nitrogen and oxygen atoms in total. The van der Waals surface area contributed by atoms with Gasteiger partial charge in [0, 0.05) is 22.8 Å². The van der Waals surface area contributed by atoms with Crippen LogP contribution in [0.3, 0.4) is 0 Å². The highest BCUT2D eigenvalue weighted by molar-refractivity contribution is 9.10. The molecule has 0 saturated carbocycles. The van der Waals surface area contributed by atoms with Crippen LogP contribution >= 0.6 is 15.9 Å². The molecule has 136 valence electrons. The summed E-state index contributed by atoms with van der Waals surface area (Å²) in [6.07, 6.45) is 1.56. The lowest BCUT2D eigenvalue weighted by Crippen LogP contribution is -2.23. The largest absolute Gasteiger partial charge is 0.438 e. The van der Waals surface area contributed by atoms with Crippen LogP contribution in [-0.4, -0.2) is 16.8 Å². The van der Waals surface area contributed by atoms with Gasteiger partial charge < -0.3 is 15.8 Å². The number of amides is 2. The van der Waals surface area contributed by atoms with Gasteiger partial charge in [0.2, 0.25) is 11.8 Å². The van der Waals surface area contributed by atoms with Crippen molar-refractivity contribution in [3.8, 4) is 11.6 Å². The molecule has 1 aromatic heterocycles. The Balaban J connectivity index is 1.70. The van der Waals surface area contributed by atoms with E-state index in [-0.39, 0.29) is 11.8 Å². The van der Waals surface area contributed by atoms with Gasteiger partial charge in [-0.1, -0.05) is 34.1 Å². The zero-order valence-corrected chi connectivity index (χ0v) is 15.8. The Bertz CT molecular complexity index is 974. The smallest absolute Gasteiger partial charge is 0.257 e. The quantitative estimate of drug-likeness (QED) is 0.629. The molecule has 0 unspecified atom stereocenters. The number of nitrogens with zero attached hydrogens (tertiary/aromatic N) is 1. The number of primary amides is 1. The molecule has 0 radical (unpaired) electrons. The van der Waals surface area contributed by atoms with E-state index in [1.54, 1.807) is 54.7 Å². The van der Waals surface area contributed by atoms with E-state index in [4.69, 9.17) is 10.5 Å². The monoisotopic (exact) mass is 425 g/mol. The predicted octanol–water partition coefficient (Wildman–Crippen LogP) is 3.67. The van der Waals surface area contributed by atoms with Crippen LogP contribution in [0.4, 0.5) is 0 Å². The summed E-state index contributed by atoms with van der Waals surface area (Å²) < 4.78 is 6.61. The van der Waals surface area contributed by atoms with Gasteiger partial charge in [0.05, 0.1) is 0 Å². The van der Waals surface area contributed by atoms with Crippen molar-refractivity contribution in [1.82, 2.24) is 10.3 Å². The Morgan fingerprint density at radius 2 is 1.85 bits per heavy atom. The molecule has 0 spiro atoms. The van der Waals surface area contributed by atoms with Crippen LogP contribution in [-0.2, 0) is 6.54 Å². The van der Waals surface area contributed by atoms with Gasteiger partial charge in [-0.3, -0.25) is 9.59 Å². The van der Waals surface area contributed by atoms with Crippen molar-refractivity contribution in [2.45, 2.75) is 6.54 Å². The minimum atomic E-state index is -0.490. The fraction of sp³-hybridized carbons (Fsp3) is 0.0500. The summed E-state index contributed by atoms with van der Waals surface area (Å²) >= 11 is 3.38. The summed E-state index contributed by atoms with van der Waals surface area (Å²) in [5, 5.41) is 2.82. The molecule has 2 amide bonds. The van der Waals surface area contributed by atoms with E-state index in [0.29, 0.717) is 23.4 Å². The standard InChI is InChI=1S/C20H16BrN3O3/c21-15-3-1-4-16(11-15)27-20-17(5-2-10-23-20)19(26)24-12-13-6-8-14(9-7-13)18(22)25/h1-11H,12H2,(H2,22,25)(H,24,26). The Kier molecular flexibility index (Phi) is 5.83. The normalized spacial score (nSPS) is 10.3. The molecular formula is C20H16BrN3O3. The lowest BCUT2D eigenvalue weighted by atomic mass is 10.1. The van der Waals surface area contributed by atoms with Gasteiger partial charge in [0.15, 0.2) is 0 Å². The molecule has 2 aromatic carbocycles. The summed E-state index contributed by atoms with van der Waals surface area (Å²) in [5.74, 6) is -0.0151. The topological polar surface area (TPSA) is 94.3 Å². The van der Waals surface area contributed by atoms with Gasteiger partial charge in [-0.25, -0.2) is 4.98 Å². The summed E-state index contributed by atoms with van der Waals surface area (Å²) in [6.45, 7) is 0.295. The minimum absolute atomic E-state index is 0.220. The fourth-order valence-electron chi connectivity index (χ4n) is 2.35. The average molecular weight is 426 g/mol. The molecule has 0 atom stereocenters. The third-order valence-corrected chi connectivity index (χ3v) is 4.21. The van der Waals surface area contributed by atoms with E-state index in [1.165, 1.54) is 0 Å². The highest BCUT2D eigenvalue weighted by Gasteiger charge is 2.14. The molecule has 0 bridgehead atoms. The van der Waals surface area contributed by atoms with Crippen molar-refractivity contribution < 1.29 is 14.3 Å². The van der Waals surface area contributed by atoms with Crippen LogP contribution in [0, 0.1) is 0 Å². The first kappa shape index (κ1) is 18.6. The Morgan fingerprint density at radius 3 is 2.56 bits per heavy atom. The molecule has 7 heteroatoms. The van der Waals surface area contributed by atoms with Gasteiger partial charge in [-0.15, -0.1) is 0 Å². The summed E-state index contributed by atoms with van der Waals surface area (Å²) in [7, 11) is 0. The van der Waals surface area contributed by atoms with E-state index in [9.17, 15) is 9.59 Å². The van der Waals surface area contributed by atoms with Crippen LogP contribution in [0.1, 0.15) is 26.3 Å². The van der Waals surface area contributed by atoms with Crippen LogP contribution in [0.5, 0.6) is 11.6 Å². The predicted molar refractivity (Wildman–Crippen MR) is 105 cm³/mol. The van der Waals surface area contributed by atoms with Gasteiger partial charge in [0.1, 0.15) is 11.3 Å². The second-order valence-corrected chi connectivity index (χ2v) is 6.58. The number of hydrogen-bond acceptors (Lipinski definition) is 4. The SMILES string of the molecule is NC(=O)c1ccc(CNC(=O)c2cccnc2Oc2cccc(Br)c2)cc1. The molecule has 1 heterocycles. The molecule has 0 aliphatic rings. The minimum Gasteiger partial charge on any atom is -0.438 e. The van der Waals surface area contributed by atoms with Crippen molar-refractivity contribution in [2.75, 3.05) is 0 Å². The van der Waals surface area contributed by atoms with Crippen LogP contribution in [0.2, 0.25) is 0 Å². The number of rotatable bonds is 6. The number of halogens is 1. The first-order chi connectivity index (χ1) is 13.0. The number of nitrogens with one attached hydrogen (secondary N) is 1. The number of nitrogens with two attached hydrogens (primary N) is 1. The molecule has 3 aromatic rings.